The lowest BCUT2D eigenvalue weighted by atomic mass is 9.94. The second kappa shape index (κ2) is 19.5. The molecule has 1 aliphatic rings. The van der Waals surface area contributed by atoms with Crippen LogP contribution >= 0.6 is 0 Å². The molecule has 0 amide bonds. The highest BCUT2D eigenvalue weighted by atomic mass is 32.2. The molecule has 0 aliphatic heterocycles. The number of hydrogen-bond donors (Lipinski definition) is 2. The molecular formula is C24H52N2O3S. The summed E-state index contributed by atoms with van der Waals surface area (Å²) in [6.45, 7) is 3.75. The minimum atomic E-state index is -3.86. The molecule has 30 heavy (non-hydrogen) atoms. The van der Waals surface area contributed by atoms with Crippen LogP contribution in [0.4, 0.5) is 0 Å². The highest BCUT2D eigenvalue weighted by molar-refractivity contribution is 7.85. The summed E-state index contributed by atoms with van der Waals surface area (Å²) in [5.41, 5.74) is 0. The molecule has 1 aliphatic carbocycles. The van der Waals surface area contributed by atoms with Crippen LogP contribution < -0.4 is 6.15 Å². The van der Waals surface area contributed by atoms with Crippen molar-refractivity contribution in [1.82, 2.24) is 11.1 Å². The third-order valence-corrected chi connectivity index (χ3v) is 7.22. The van der Waals surface area contributed by atoms with Crippen molar-refractivity contribution in [3.8, 4) is 0 Å². The topological polar surface area (TPSA) is 92.6 Å². The zero-order valence-electron chi connectivity index (χ0n) is 20.0. The molecule has 0 atom stereocenters. The SMILES string of the molecule is CCCCCCCCCCCCCCCCN(CCS(=O)(=O)O)C1CCCCC1.N. The van der Waals surface area contributed by atoms with Gasteiger partial charge in [0.15, 0.2) is 0 Å². The standard InChI is InChI=1S/C24H49NO3S.H3N/c1-2-3-4-5-6-7-8-9-10-11-12-13-14-18-21-25(22-23-29(26,27)28)24-19-16-15-17-20-24;/h24H,2-23H2,1H3,(H,26,27,28);1H3. The van der Waals surface area contributed by atoms with E-state index in [9.17, 15) is 8.42 Å². The van der Waals surface area contributed by atoms with Crippen molar-refractivity contribution in [2.75, 3.05) is 18.8 Å². The summed E-state index contributed by atoms with van der Waals surface area (Å²) >= 11 is 0. The van der Waals surface area contributed by atoms with E-state index in [2.05, 4.69) is 11.8 Å². The van der Waals surface area contributed by atoms with Crippen LogP contribution in [0.15, 0.2) is 0 Å². The predicted octanol–water partition coefficient (Wildman–Crippen LogP) is 7.15. The Morgan fingerprint density at radius 2 is 1.13 bits per heavy atom. The van der Waals surface area contributed by atoms with Crippen molar-refractivity contribution >= 4 is 10.1 Å². The fourth-order valence-corrected chi connectivity index (χ4v) is 5.13. The van der Waals surface area contributed by atoms with Gasteiger partial charge in [0, 0.05) is 12.6 Å². The van der Waals surface area contributed by atoms with E-state index in [1.165, 1.54) is 116 Å². The first-order valence-corrected chi connectivity index (χ1v) is 14.3. The van der Waals surface area contributed by atoms with E-state index in [1.54, 1.807) is 0 Å². The first kappa shape index (κ1) is 29.8. The smallest absolute Gasteiger partial charge is 0.266 e. The predicted molar refractivity (Wildman–Crippen MR) is 130 cm³/mol. The average molecular weight is 449 g/mol. The van der Waals surface area contributed by atoms with E-state index in [0.29, 0.717) is 12.6 Å². The van der Waals surface area contributed by atoms with Crippen molar-refractivity contribution in [1.29, 1.82) is 0 Å². The summed E-state index contributed by atoms with van der Waals surface area (Å²) in [6, 6.07) is 0.521. The highest BCUT2D eigenvalue weighted by Gasteiger charge is 2.22. The summed E-state index contributed by atoms with van der Waals surface area (Å²) < 4.78 is 31.4. The normalized spacial score (nSPS) is 15.4. The van der Waals surface area contributed by atoms with Gasteiger partial charge in [-0.3, -0.25) is 9.45 Å². The van der Waals surface area contributed by atoms with E-state index in [-0.39, 0.29) is 11.9 Å². The van der Waals surface area contributed by atoms with Gasteiger partial charge in [0.05, 0.1) is 5.75 Å². The Bertz CT molecular complexity index is 465. The van der Waals surface area contributed by atoms with Gasteiger partial charge in [-0.15, -0.1) is 0 Å². The van der Waals surface area contributed by atoms with Crippen LogP contribution in [-0.2, 0) is 10.1 Å². The first-order chi connectivity index (χ1) is 14.0. The van der Waals surface area contributed by atoms with E-state index in [1.807, 2.05) is 0 Å². The molecule has 0 unspecified atom stereocenters. The monoisotopic (exact) mass is 448 g/mol. The third kappa shape index (κ3) is 17.5. The maximum Gasteiger partial charge on any atom is 0.266 e. The molecular weight excluding hydrogens is 396 g/mol. The molecule has 0 spiro atoms. The Labute approximate surface area is 188 Å². The average Bonchev–Trinajstić information content (AvgIpc) is 2.70. The number of hydrogen-bond acceptors (Lipinski definition) is 4. The van der Waals surface area contributed by atoms with Crippen LogP contribution in [0.25, 0.3) is 0 Å². The van der Waals surface area contributed by atoms with Crippen LogP contribution in [-0.4, -0.2) is 42.8 Å². The van der Waals surface area contributed by atoms with Gasteiger partial charge in [-0.1, -0.05) is 110 Å². The molecule has 0 saturated heterocycles. The summed E-state index contributed by atoms with van der Waals surface area (Å²) in [6.07, 6.45) is 25.2. The Kier molecular flexibility index (Phi) is 19.4. The maximum atomic E-state index is 11.1. The summed E-state index contributed by atoms with van der Waals surface area (Å²) in [5, 5.41) is 0. The lowest BCUT2D eigenvalue weighted by molar-refractivity contribution is 0.160. The van der Waals surface area contributed by atoms with Crippen molar-refractivity contribution in [3.05, 3.63) is 0 Å². The van der Waals surface area contributed by atoms with Gasteiger partial charge in [-0.2, -0.15) is 8.42 Å². The van der Waals surface area contributed by atoms with Crippen LogP contribution in [0.5, 0.6) is 0 Å². The molecule has 182 valence electrons. The summed E-state index contributed by atoms with van der Waals surface area (Å²) in [7, 11) is -3.86. The highest BCUT2D eigenvalue weighted by Crippen LogP contribution is 2.23. The van der Waals surface area contributed by atoms with E-state index < -0.39 is 10.1 Å². The molecule has 0 radical (unpaired) electrons. The van der Waals surface area contributed by atoms with Crippen molar-refractivity contribution in [3.63, 3.8) is 0 Å². The Morgan fingerprint density at radius 3 is 1.57 bits per heavy atom. The van der Waals surface area contributed by atoms with Gasteiger partial charge in [-0.25, -0.2) is 0 Å². The van der Waals surface area contributed by atoms with Crippen molar-refractivity contribution < 1.29 is 13.0 Å². The third-order valence-electron chi connectivity index (χ3n) is 6.53. The molecule has 1 rings (SSSR count). The lowest BCUT2D eigenvalue weighted by Gasteiger charge is -2.34. The zero-order chi connectivity index (χ0) is 21.2. The molecule has 4 N–H and O–H groups in total. The lowest BCUT2D eigenvalue weighted by Crippen LogP contribution is -2.40. The number of nitrogens with zero attached hydrogens (tertiary/aromatic N) is 1. The van der Waals surface area contributed by atoms with Gasteiger partial charge >= 0.3 is 0 Å². The molecule has 1 saturated carbocycles. The van der Waals surface area contributed by atoms with Crippen molar-refractivity contribution in [2.24, 2.45) is 0 Å². The Hall–Kier alpha value is -0.170. The molecule has 0 bridgehead atoms. The minimum absolute atomic E-state index is 0. The van der Waals surface area contributed by atoms with Gasteiger partial charge in [-0.05, 0) is 25.8 Å². The van der Waals surface area contributed by atoms with Gasteiger partial charge in [0.1, 0.15) is 0 Å². The fraction of sp³-hybridized carbons (Fsp3) is 1.00. The van der Waals surface area contributed by atoms with E-state index >= 15 is 0 Å². The zero-order valence-corrected chi connectivity index (χ0v) is 20.8. The second-order valence-corrected chi connectivity index (χ2v) is 10.8. The largest absolute Gasteiger partial charge is 0.344 e. The molecule has 0 aromatic rings. The maximum absolute atomic E-state index is 11.1. The van der Waals surface area contributed by atoms with Crippen LogP contribution in [0.1, 0.15) is 129 Å². The number of unbranched alkanes of at least 4 members (excludes halogenated alkanes) is 13. The van der Waals surface area contributed by atoms with E-state index in [4.69, 9.17) is 4.55 Å². The first-order valence-electron chi connectivity index (χ1n) is 12.7. The number of rotatable bonds is 19. The fourth-order valence-electron chi connectivity index (χ4n) is 4.67. The second-order valence-electron chi connectivity index (χ2n) is 9.21. The van der Waals surface area contributed by atoms with E-state index in [0.717, 1.165) is 13.0 Å². The molecule has 1 fully saturated rings. The van der Waals surface area contributed by atoms with Crippen LogP contribution in [0, 0.1) is 0 Å². The molecule has 0 aromatic heterocycles. The van der Waals surface area contributed by atoms with Crippen LogP contribution in [0.2, 0.25) is 0 Å². The molecule has 5 nitrogen and oxygen atoms in total. The van der Waals surface area contributed by atoms with Gasteiger partial charge in [0.2, 0.25) is 0 Å². The summed E-state index contributed by atoms with van der Waals surface area (Å²) in [4.78, 5) is 2.34. The molecule has 6 heteroatoms. The quantitative estimate of drug-likeness (QED) is 0.162. The molecule has 0 heterocycles. The van der Waals surface area contributed by atoms with Crippen molar-refractivity contribution in [2.45, 2.75) is 135 Å². The van der Waals surface area contributed by atoms with Gasteiger partial charge < -0.3 is 6.15 Å². The van der Waals surface area contributed by atoms with Crippen LogP contribution in [0.3, 0.4) is 0 Å². The van der Waals surface area contributed by atoms with Gasteiger partial charge in [0.25, 0.3) is 10.1 Å². The Morgan fingerprint density at radius 1 is 0.700 bits per heavy atom. The minimum Gasteiger partial charge on any atom is -0.344 e. The Balaban J connectivity index is 0.00000841. The molecule has 0 aromatic carbocycles. The summed E-state index contributed by atoms with van der Waals surface area (Å²) in [5.74, 6) is -0.123.